The quantitative estimate of drug-likeness (QED) is 0.241. The Morgan fingerprint density at radius 2 is 1.79 bits per heavy atom. The summed E-state index contributed by atoms with van der Waals surface area (Å²) < 4.78 is 78.0. The summed E-state index contributed by atoms with van der Waals surface area (Å²) in [4.78, 5) is 26.3. The van der Waals surface area contributed by atoms with Gasteiger partial charge in [0.05, 0.1) is 32.9 Å². The second-order valence-corrected chi connectivity index (χ2v) is 12.2. The standard InChI is InChI=1S/C28H23F4NO4S2/c1-2-39(36,37)22-11-9-17(10-12-22)13-24(34)33-25-16-23(18-5-3-7-20(14-18)28(30,31)32)27(38-25)26(35)19-6-4-8-21(29)15-19/h3-12,15-16,20H,2,13-14H2,1H3,(H,33,34). The van der Waals surface area contributed by atoms with Crippen molar-refractivity contribution >= 4 is 43.4 Å². The van der Waals surface area contributed by atoms with Crippen molar-refractivity contribution in [3.63, 3.8) is 0 Å². The lowest BCUT2D eigenvalue weighted by atomic mass is 9.89. The molecule has 0 spiro atoms. The zero-order chi connectivity index (χ0) is 28.4. The van der Waals surface area contributed by atoms with Crippen LogP contribution in [0.15, 0.2) is 77.7 Å². The number of carbonyl (C=O) groups excluding carboxylic acids is 2. The molecule has 0 radical (unpaired) electrons. The molecule has 0 aliphatic heterocycles. The minimum Gasteiger partial charge on any atom is -0.317 e. The molecule has 1 unspecified atom stereocenters. The van der Waals surface area contributed by atoms with Gasteiger partial charge in [-0.25, -0.2) is 12.8 Å². The Balaban J connectivity index is 1.61. The summed E-state index contributed by atoms with van der Waals surface area (Å²) in [5, 5.41) is 2.91. The van der Waals surface area contributed by atoms with Crippen molar-refractivity contribution < 1.29 is 35.6 Å². The first kappa shape index (κ1) is 28.4. The third-order valence-electron chi connectivity index (χ3n) is 6.16. The summed E-state index contributed by atoms with van der Waals surface area (Å²) >= 11 is 0.889. The van der Waals surface area contributed by atoms with Crippen molar-refractivity contribution in [1.29, 1.82) is 0 Å². The Labute approximate surface area is 226 Å². The van der Waals surface area contributed by atoms with Gasteiger partial charge in [0.25, 0.3) is 0 Å². The molecule has 1 aliphatic carbocycles. The molecular formula is C28H23F4NO4S2. The highest BCUT2D eigenvalue weighted by molar-refractivity contribution is 7.91. The molecule has 1 aliphatic rings. The predicted octanol–water partition coefficient (Wildman–Crippen LogP) is 6.61. The Morgan fingerprint density at radius 3 is 2.44 bits per heavy atom. The van der Waals surface area contributed by atoms with Gasteiger partial charge in [0.2, 0.25) is 11.7 Å². The molecule has 0 fully saturated rings. The van der Waals surface area contributed by atoms with Crippen molar-refractivity contribution in [2.45, 2.75) is 30.8 Å². The molecule has 1 heterocycles. The summed E-state index contributed by atoms with van der Waals surface area (Å²) in [5.74, 6) is -3.47. The van der Waals surface area contributed by atoms with Gasteiger partial charge in [-0.2, -0.15) is 13.2 Å². The Morgan fingerprint density at radius 1 is 1.08 bits per heavy atom. The van der Waals surface area contributed by atoms with Crippen LogP contribution >= 0.6 is 11.3 Å². The second-order valence-electron chi connectivity index (χ2n) is 8.89. The molecule has 39 heavy (non-hydrogen) atoms. The third kappa shape index (κ3) is 6.72. The third-order valence-corrected chi connectivity index (χ3v) is 8.96. The first-order chi connectivity index (χ1) is 18.4. The number of allylic oxidation sites excluding steroid dienone is 4. The Bertz CT molecular complexity index is 1570. The first-order valence-corrected chi connectivity index (χ1v) is 14.3. The van der Waals surface area contributed by atoms with Gasteiger partial charge in [0.15, 0.2) is 9.84 Å². The number of thiophene rings is 1. The monoisotopic (exact) mass is 577 g/mol. The molecule has 3 aromatic rings. The number of carbonyl (C=O) groups is 2. The molecule has 204 valence electrons. The fourth-order valence-electron chi connectivity index (χ4n) is 4.07. The average Bonchev–Trinajstić information content (AvgIpc) is 3.31. The van der Waals surface area contributed by atoms with E-state index in [2.05, 4.69) is 5.32 Å². The lowest BCUT2D eigenvalue weighted by molar-refractivity contribution is -0.159. The Hall–Kier alpha value is -3.57. The number of benzene rings is 2. The highest BCUT2D eigenvalue weighted by Gasteiger charge is 2.39. The van der Waals surface area contributed by atoms with Crippen LogP contribution in [-0.4, -0.2) is 32.0 Å². The van der Waals surface area contributed by atoms with E-state index in [1.807, 2.05) is 0 Å². The lowest BCUT2D eigenvalue weighted by Gasteiger charge is -2.21. The molecule has 5 nitrogen and oxygen atoms in total. The van der Waals surface area contributed by atoms with Gasteiger partial charge in [0, 0.05) is 11.1 Å². The van der Waals surface area contributed by atoms with Crippen molar-refractivity contribution in [3.8, 4) is 0 Å². The molecule has 1 amide bonds. The lowest BCUT2D eigenvalue weighted by Crippen LogP contribution is -2.22. The fourth-order valence-corrected chi connectivity index (χ4v) is 6.03. The van der Waals surface area contributed by atoms with Gasteiger partial charge in [-0.3, -0.25) is 9.59 Å². The zero-order valence-corrected chi connectivity index (χ0v) is 22.2. The number of nitrogens with one attached hydrogen (secondary N) is 1. The minimum atomic E-state index is -4.47. The summed E-state index contributed by atoms with van der Waals surface area (Å²) in [6.07, 6.45) is -1.14. The van der Waals surface area contributed by atoms with Crippen LogP contribution in [0.2, 0.25) is 0 Å². The van der Waals surface area contributed by atoms with E-state index in [1.54, 1.807) is 0 Å². The topological polar surface area (TPSA) is 80.3 Å². The molecule has 4 rings (SSSR count). The van der Waals surface area contributed by atoms with Gasteiger partial charge in [-0.15, -0.1) is 11.3 Å². The number of hydrogen-bond acceptors (Lipinski definition) is 5. The van der Waals surface area contributed by atoms with Crippen molar-refractivity contribution in [3.05, 3.63) is 100 Å². The number of sulfone groups is 1. The number of hydrogen-bond donors (Lipinski definition) is 1. The minimum absolute atomic E-state index is 0.0254. The van der Waals surface area contributed by atoms with Crippen LogP contribution < -0.4 is 5.32 Å². The van der Waals surface area contributed by atoms with E-state index in [4.69, 9.17) is 0 Å². The molecule has 0 bridgehead atoms. The number of rotatable bonds is 8. The molecule has 1 atom stereocenters. The van der Waals surface area contributed by atoms with E-state index in [0.29, 0.717) is 5.56 Å². The maximum Gasteiger partial charge on any atom is 0.395 e. The number of alkyl halides is 3. The molecule has 2 aromatic carbocycles. The van der Waals surface area contributed by atoms with Crippen molar-refractivity contribution in [2.75, 3.05) is 11.1 Å². The molecular weight excluding hydrogens is 554 g/mol. The van der Waals surface area contributed by atoms with Crippen molar-refractivity contribution in [1.82, 2.24) is 0 Å². The van der Waals surface area contributed by atoms with E-state index >= 15 is 0 Å². The highest BCUT2D eigenvalue weighted by Crippen LogP contribution is 2.42. The van der Waals surface area contributed by atoms with E-state index in [1.165, 1.54) is 67.6 Å². The maximum atomic E-state index is 13.8. The van der Waals surface area contributed by atoms with Crippen LogP contribution in [-0.2, 0) is 21.1 Å². The number of halogens is 4. The van der Waals surface area contributed by atoms with Gasteiger partial charge in [0.1, 0.15) is 5.82 Å². The van der Waals surface area contributed by atoms with Crippen LogP contribution in [0.3, 0.4) is 0 Å². The molecule has 0 saturated heterocycles. The average molecular weight is 578 g/mol. The highest BCUT2D eigenvalue weighted by atomic mass is 32.2. The molecule has 11 heteroatoms. The van der Waals surface area contributed by atoms with Gasteiger partial charge >= 0.3 is 6.18 Å². The smallest absolute Gasteiger partial charge is 0.317 e. The van der Waals surface area contributed by atoms with Crippen molar-refractivity contribution in [2.24, 2.45) is 5.92 Å². The van der Waals surface area contributed by atoms with Crippen LogP contribution in [0.25, 0.3) is 5.57 Å². The summed E-state index contributed by atoms with van der Waals surface area (Å²) in [6.45, 7) is 1.53. The van der Waals surface area contributed by atoms with E-state index in [9.17, 15) is 35.6 Å². The summed E-state index contributed by atoms with van der Waals surface area (Å²) in [7, 11) is -3.39. The number of anilines is 1. The molecule has 1 N–H and O–H groups in total. The van der Waals surface area contributed by atoms with Gasteiger partial charge in [-0.05, 0) is 47.9 Å². The second kappa shape index (κ2) is 11.3. The van der Waals surface area contributed by atoms with Crippen LogP contribution in [0.4, 0.5) is 22.6 Å². The number of ketones is 1. The zero-order valence-electron chi connectivity index (χ0n) is 20.6. The van der Waals surface area contributed by atoms with E-state index in [-0.39, 0.29) is 50.1 Å². The molecule has 0 saturated carbocycles. The van der Waals surface area contributed by atoms with Crippen LogP contribution in [0.1, 0.15) is 39.7 Å². The van der Waals surface area contributed by atoms with Gasteiger partial charge < -0.3 is 5.32 Å². The predicted molar refractivity (Wildman–Crippen MR) is 142 cm³/mol. The maximum absolute atomic E-state index is 13.8. The SMILES string of the molecule is CCS(=O)(=O)c1ccc(CC(=O)Nc2cc(C3=CC=CC(C(F)(F)F)C3)c(C(=O)c3cccc(F)c3)s2)cc1. The summed E-state index contributed by atoms with van der Waals surface area (Å²) in [6, 6.07) is 12.3. The largest absolute Gasteiger partial charge is 0.395 e. The summed E-state index contributed by atoms with van der Waals surface area (Å²) in [5.41, 5.74) is 1.07. The first-order valence-electron chi connectivity index (χ1n) is 11.9. The van der Waals surface area contributed by atoms with Crippen LogP contribution in [0, 0.1) is 11.7 Å². The van der Waals surface area contributed by atoms with E-state index in [0.717, 1.165) is 23.5 Å². The fraction of sp³-hybridized carbons (Fsp3) is 0.214. The normalized spacial score (nSPS) is 15.6. The van der Waals surface area contributed by atoms with E-state index < -0.39 is 39.4 Å². The number of amides is 1. The molecule has 1 aromatic heterocycles. The van der Waals surface area contributed by atoms with Gasteiger partial charge in [-0.1, -0.05) is 49.4 Å². The Kier molecular flexibility index (Phi) is 8.22. The van der Waals surface area contributed by atoms with Crippen LogP contribution in [0.5, 0.6) is 0 Å².